The van der Waals surface area contributed by atoms with E-state index in [2.05, 4.69) is 15.3 Å². The number of benzene rings is 2. The van der Waals surface area contributed by atoms with Gasteiger partial charge in [-0.1, -0.05) is 36.7 Å². The van der Waals surface area contributed by atoms with Gasteiger partial charge in [0.15, 0.2) is 17.3 Å². The molecular weight excluding hydrogens is 396 g/mol. The van der Waals surface area contributed by atoms with E-state index >= 15 is 0 Å². The maximum Gasteiger partial charge on any atom is 0.216 e. The number of aromatic amines is 1. The fraction of sp³-hybridized carbons (Fsp3) is 0.250. The molecule has 0 spiro atoms. The van der Waals surface area contributed by atoms with Crippen LogP contribution in [0.4, 0.5) is 0 Å². The van der Waals surface area contributed by atoms with Crippen LogP contribution in [0.1, 0.15) is 30.8 Å². The number of H-pyrrole nitrogens is 1. The number of nitrogens with zero attached hydrogens (tertiary/aromatic N) is 3. The van der Waals surface area contributed by atoms with Crippen LogP contribution in [-0.2, 0) is 13.0 Å². The molecule has 0 unspecified atom stereocenters. The molecule has 0 bridgehead atoms. The molecule has 0 radical (unpaired) electrons. The van der Waals surface area contributed by atoms with E-state index in [1.807, 2.05) is 56.3 Å². The van der Waals surface area contributed by atoms with E-state index in [1.165, 1.54) is 0 Å². The third-order valence-electron chi connectivity index (χ3n) is 3.96. The normalized spacial score (nSPS) is 11.1. The molecule has 1 aromatic heterocycles. The lowest BCUT2D eigenvalue weighted by atomic mass is 10.2. The van der Waals surface area contributed by atoms with Crippen molar-refractivity contribution in [3.63, 3.8) is 0 Å². The Bertz CT molecular complexity index is 1030. The Hall–Kier alpha value is -2.64. The zero-order valence-electron chi connectivity index (χ0n) is 15.7. The summed E-state index contributed by atoms with van der Waals surface area (Å²) in [7, 11) is 0. The van der Waals surface area contributed by atoms with E-state index in [-0.39, 0.29) is 0 Å². The largest absolute Gasteiger partial charge is 0.490 e. The predicted octanol–water partition coefficient (Wildman–Crippen LogP) is 5.02. The zero-order chi connectivity index (χ0) is 19.9. The lowest BCUT2D eigenvalue weighted by molar-refractivity contribution is 0.269. The summed E-state index contributed by atoms with van der Waals surface area (Å²) in [6, 6.07) is 13.2. The molecule has 1 N–H and O–H groups in total. The Morgan fingerprint density at radius 1 is 1.18 bits per heavy atom. The van der Waals surface area contributed by atoms with Crippen molar-refractivity contribution in [1.82, 2.24) is 14.9 Å². The number of ether oxygens (including phenoxy) is 2. The van der Waals surface area contributed by atoms with Gasteiger partial charge in [0.2, 0.25) is 4.77 Å². The van der Waals surface area contributed by atoms with E-state index in [1.54, 1.807) is 10.9 Å². The lowest BCUT2D eigenvalue weighted by Gasteiger charge is -2.13. The van der Waals surface area contributed by atoms with Crippen molar-refractivity contribution in [2.45, 2.75) is 26.9 Å². The fourth-order valence-electron chi connectivity index (χ4n) is 2.56. The standard InChI is InChI=1S/C20H21ClN4O2S/c1-3-19-23-24-20(28)25(19)22-12-14-9-10-17(18(11-14)26-4-2)27-13-15-7-5-6-8-16(15)21/h5-12H,3-4,13H2,1-2H3,(H,24,28)/b22-12+. The van der Waals surface area contributed by atoms with Gasteiger partial charge in [0.05, 0.1) is 12.8 Å². The maximum absolute atomic E-state index is 6.20. The highest BCUT2D eigenvalue weighted by Gasteiger charge is 2.08. The summed E-state index contributed by atoms with van der Waals surface area (Å²) in [5.41, 5.74) is 1.78. The Balaban J connectivity index is 1.80. The molecule has 0 saturated carbocycles. The molecule has 0 aliphatic heterocycles. The van der Waals surface area contributed by atoms with Gasteiger partial charge in [-0.3, -0.25) is 5.10 Å². The zero-order valence-corrected chi connectivity index (χ0v) is 17.3. The summed E-state index contributed by atoms with van der Waals surface area (Å²) in [4.78, 5) is 0. The smallest absolute Gasteiger partial charge is 0.216 e. The summed E-state index contributed by atoms with van der Waals surface area (Å²) in [6.45, 7) is 4.80. The highest BCUT2D eigenvalue weighted by Crippen LogP contribution is 2.29. The highest BCUT2D eigenvalue weighted by atomic mass is 35.5. The number of hydrogen-bond donors (Lipinski definition) is 1. The van der Waals surface area contributed by atoms with Crippen LogP contribution in [0, 0.1) is 4.77 Å². The number of aryl methyl sites for hydroxylation is 1. The predicted molar refractivity (Wildman–Crippen MR) is 113 cm³/mol. The summed E-state index contributed by atoms with van der Waals surface area (Å²) in [5.74, 6) is 2.06. The van der Waals surface area contributed by atoms with Crippen molar-refractivity contribution in [3.05, 3.63) is 69.2 Å². The molecule has 0 fully saturated rings. The summed E-state index contributed by atoms with van der Waals surface area (Å²) < 4.78 is 13.7. The summed E-state index contributed by atoms with van der Waals surface area (Å²) in [5, 5.41) is 12.0. The van der Waals surface area contributed by atoms with Gasteiger partial charge in [-0.2, -0.15) is 14.9 Å². The maximum atomic E-state index is 6.20. The average Bonchev–Trinajstić information content (AvgIpc) is 3.06. The van der Waals surface area contributed by atoms with Crippen LogP contribution in [-0.4, -0.2) is 27.7 Å². The number of rotatable bonds is 8. The van der Waals surface area contributed by atoms with E-state index < -0.39 is 0 Å². The molecule has 8 heteroatoms. The van der Waals surface area contributed by atoms with Crippen LogP contribution in [0.25, 0.3) is 0 Å². The Morgan fingerprint density at radius 2 is 2.00 bits per heavy atom. The van der Waals surface area contributed by atoms with E-state index in [4.69, 9.17) is 33.3 Å². The molecule has 2 aromatic carbocycles. The van der Waals surface area contributed by atoms with Gasteiger partial charge >= 0.3 is 0 Å². The Labute approximate surface area is 173 Å². The summed E-state index contributed by atoms with van der Waals surface area (Å²) >= 11 is 11.4. The Kier molecular flexibility index (Phi) is 6.84. The fourth-order valence-corrected chi connectivity index (χ4v) is 2.95. The van der Waals surface area contributed by atoms with Crippen LogP contribution in [0.2, 0.25) is 5.02 Å². The third kappa shape index (κ3) is 4.79. The van der Waals surface area contributed by atoms with Crippen LogP contribution in [0.5, 0.6) is 11.5 Å². The van der Waals surface area contributed by atoms with Crippen LogP contribution in [0.15, 0.2) is 47.6 Å². The molecule has 0 atom stereocenters. The van der Waals surface area contributed by atoms with Crippen molar-refractivity contribution in [3.8, 4) is 11.5 Å². The Morgan fingerprint density at radius 3 is 2.75 bits per heavy atom. The van der Waals surface area contributed by atoms with E-state index in [9.17, 15) is 0 Å². The first-order chi connectivity index (χ1) is 13.6. The molecule has 0 amide bonds. The summed E-state index contributed by atoms with van der Waals surface area (Å²) in [6.07, 6.45) is 2.44. The average molecular weight is 417 g/mol. The topological polar surface area (TPSA) is 64.4 Å². The number of hydrogen-bond acceptors (Lipinski definition) is 5. The molecule has 28 heavy (non-hydrogen) atoms. The number of halogens is 1. The van der Waals surface area contributed by atoms with Crippen molar-refractivity contribution in [2.24, 2.45) is 5.10 Å². The molecule has 0 aliphatic rings. The minimum absolute atomic E-state index is 0.358. The first-order valence-electron chi connectivity index (χ1n) is 8.96. The second-order valence-corrected chi connectivity index (χ2v) is 6.67. The van der Waals surface area contributed by atoms with Crippen molar-refractivity contribution < 1.29 is 9.47 Å². The van der Waals surface area contributed by atoms with Gasteiger partial charge in [-0.05, 0) is 49.0 Å². The van der Waals surface area contributed by atoms with Crippen LogP contribution >= 0.6 is 23.8 Å². The molecule has 6 nitrogen and oxygen atoms in total. The number of aromatic nitrogens is 3. The molecule has 146 valence electrons. The molecule has 3 aromatic rings. The van der Waals surface area contributed by atoms with Gasteiger partial charge in [-0.25, -0.2) is 0 Å². The monoisotopic (exact) mass is 416 g/mol. The van der Waals surface area contributed by atoms with Gasteiger partial charge in [0.1, 0.15) is 6.61 Å². The van der Waals surface area contributed by atoms with Crippen molar-refractivity contribution >= 4 is 30.0 Å². The minimum atomic E-state index is 0.358. The first-order valence-corrected chi connectivity index (χ1v) is 9.74. The van der Waals surface area contributed by atoms with Gasteiger partial charge in [0, 0.05) is 17.0 Å². The SMILES string of the molecule is CCOc1cc(/C=N/n2c(CC)n[nH]c2=S)ccc1OCc1ccccc1Cl. The van der Waals surface area contributed by atoms with Gasteiger partial charge in [-0.15, -0.1) is 0 Å². The highest BCUT2D eigenvalue weighted by molar-refractivity contribution is 7.71. The van der Waals surface area contributed by atoms with E-state index in [0.29, 0.717) is 34.5 Å². The van der Waals surface area contributed by atoms with Gasteiger partial charge < -0.3 is 9.47 Å². The van der Waals surface area contributed by atoms with Crippen molar-refractivity contribution in [1.29, 1.82) is 0 Å². The second-order valence-electron chi connectivity index (χ2n) is 5.87. The molecule has 3 rings (SSSR count). The number of nitrogens with one attached hydrogen (secondary N) is 1. The van der Waals surface area contributed by atoms with Gasteiger partial charge in [0.25, 0.3) is 0 Å². The van der Waals surface area contributed by atoms with Crippen molar-refractivity contribution in [2.75, 3.05) is 6.61 Å². The lowest BCUT2D eigenvalue weighted by Crippen LogP contribution is -2.01. The van der Waals surface area contributed by atoms with E-state index in [0.717, 1.165) is 23.4 Å². The molecule has 0 saturated heterocycles. The second kappa shape index (κ2) is 9.52. The van der Waals surface area contributed by atoms with Crippen LogP contribution < -0.4 is 9.47 Å². The minimum Gasteiger partial charge on any atom is -0.490 e. The third-order valence-corrected chi connectivity index (χ3v) is 4.60. The molecule has 0 aliphatic carbocycles. The first kappa shape index (κ1) is 20.1. The van der Waals surface area contributed by atoms with Crippen LogP contribution in [0.3, 0.4) is 0 Å². The molecular formula is C20H21ClN4O2S. The quantitative estimate of drug-likeness (QED) is 0.413. The molecule has 1 heterocycles.